The first-order chi connectivity index (χ1) is 14.9. The first-order valence-electron chi connectivity index (χ1n) is 11.2. The third-order valence-corrected chi connectivity index (χ3v) is 7.96. The van der Waals surface area contributed by atoms with Crippen LogP contribution >= 0.6 is 0 Å². The number of sulfonamides is 1. The SMILES string of the molecule is CC(C(=N)OC1CCN(C(=O)OC(C)C)CC1)=C(N)OC1CCN(S(=O)(=O)C(C)C)CC1. The van der Waals surface area contributed by atoms with Gasteiger partial charge in [0.15, 0.2) is 5.88 Å². The second-order valence-corrected chi connectivity index (χ2v) is 11.4. The predicted octanol–water partition coefficient (Wildman–Crippen LogP) is 2.40. The number of carbonyl (C=O) groups excluding carboxylic acids is 1. The molecule has 0 atom stereocenters. The Kier molecular flexibility index (Phi) is 9.20. The summed E-state index contributed by atoms with van der Waals surface area (Å²) in [6.45, 7) is 10.5. The molecule has 2 aliphatic rings. The van der Waals surface area contributed by atoms with Crippen LogP contribution in [0.3, 0.4) is 0 Å². The van der Waals surface area contributed by atoms with Gasteiger partial charge in [0.25, 0.3) is 0 Å². The molecule has 3 N–H and O–H groups in total. The maximum Gasteiger partial charge on any atom is 0.410 e. The van der Waals surface area contributed by atoms with Gasteiger partial charge in [-0.1, -0.05) is 0 Å². The number of rotatable bonds is 7. The van der Waals surface area contributed by atoms with Gasteiger partial charge in [-0.25, -0.2) is 17.5 Å². The zero-order chi connectivity index (χ0) is 24.1. The fourth-order valence-corrected chi connectivity index (χ4v) is 4.89. The summed E-state index contributed by atoms with van der Waals surface area (Å²) in [5, 5.41) is 7.79. The van der Waals surface area contributed by atoms with Crippen LogP contribution in [-0.2, 0) is 24.2 Å². The van der Waals surface area contributed by atoms with Crippen LogP contribution in [-0.4, -0.2) is 79.4 Å². The summed E-state index contributed by atoms with van der Waals surface area (Å²) in [6, 6.07) is 0. The van der Waals surface area contributed by atoms with E-state index in [0.29, 0.717) is 57.4 Å². The maximum atomic E-state index is 12.3. The molecular weight excluding hydrogens is 436 g/mol. The first kappa shape index (κ1) is 26.2. The number of nitrogens with zero attached hydrogens (tertiary/aromatic N) is 2. The number of hydrogen-bond acceptors (Lipinski definition) is 8. The van der Waals surface area contributed by atoms with E-state index in [4.69, 9.17) is 25.4 Å². The Bertz CT molecular complexity index is 795. The second kappa shape index (κ2) is 11.2. The fourth-order valence-electron chi connectivity index (χ4n) is 3.57. The molecule has 2 aliphatic heterocycles. The number of nitrogens with one attached hydrogen (secondary N) is 1. The van der Waals surface area contributed by atoms with Crippen molar-refractivity contribution in [3.63, 3.8) is 0 Å². The predicted molar refractivity (Wildman–Crippen MR) is 122 cm³/mol. The lowest BCUT2D eigenvalue weighted by Crippen LogP contribution is -2.44. The minimum absolute atomic E-state index is 0.0504. The number of ether oxygens (including phenoxy) is 3. The molecule has 2 fully saturated rings. The van der Waals surface area contributed by atoms with E-state index < -0.39 is 15.3 Å². The van der Waals surface area contributed by atoms with Crippen LogP contribution in [0.15, 0.2) is 11.5 Å². The summed E-state index contributed by atoms with van der Waals surface area (Å²) >= 11 is 0. The number of piperidine rings is 2. The van der Waals surface area contributed by atoms with Crippen molar-refractivity contribution in [3.8, 4) is 0 Å². The standard InChI is InChI=1S/C21H38N4O6S/c1-14(2)29-21(26)24-10-6-17(7-11-24)30-19(22)16(5)20(23)31-18-8-12-25(13-9-18)32(27,28)15(3)4/h14-15,17-18,22H,6-13,23H2,1-5H3. The number of nitrogens with two attached hydrogens (primary N) is 1. The van der Waals surface area contributed by atoms with Gasteiger partial charge in [0.1, 0.15) is 12.2 Å². The lowest BCUT2D eigenvalue weighted by molar-refractivity contribution is 0.0483. The van der Waals surface area contributed by atoms with Gasteiger partial charge in [-0.05, 0) is 47.5 Å². The van der Waals surface area contributed by atoms with Crippen molar-refractivity contribution in [2.75, 3.05) is 26.2 Å². The molecule has 0 saturated carbocycles. The van der Waals surface area contributed by atoms with E-state index in [1.165, 1.54) is 4.31 Å². The zero-order valence-corrected chi connectivity index (χ0v) is 20.6. The highest BCUT2D eigenvalue weighted by molar-refractivity contribution is 7.89. The molecular formula is C21H38N4O6S. The Hall–Kier alpha value is -2.01. The number of hydrogen-bond donors (Lipinski definition) is 2. The van der Waals surface area contributed by atoms with Crippen LogP contribution in [0.25, 0.3) is 0 Å². The summed E-state index contributed by atoms with van der Waals surface area (Å²) in [5.74, 6) is 0.0728. The van der Waals surface area contributed by atoms with Gasteiger partial charge < -0.3 is 24.8 Å². The molecule has 1 amide bonds. The fraction of sp³-hybridized carbons (Fsp3) is 0.810. The molecule has 2 heterocycles. The van der Waals surface area contributed by atoms with Crippen LogP contribution in [0.2, 0.25) is 0 Å². The minimum Gasteiger partial charge on any atom is -0.476 e. The van der Waals surface area contributed by atoms with E-state index >= 15 is 0 Å². The van der Waals surface area contributed by atoms with Gasteiger partial charge in [0.2, 0.25) is 15.9 Å². The summed E-state index contributed by atoms with van der Waals surface area (Å²) in [4.78, 5) is 13.6. The molecule has 0 spiro atoms. The van der Waals surface area contributed by atoms with Crippen molar-refractivity contribution >= 4 is 22.0 Å². The summed E-state index contributed by atoms with van der Waals surface area (Å²) in [7, 11) is -3.27. The van der Waals surface area contributed by atoms with Gasteiger partial charge in [0.05, 0.1) is 16.9 Å². The molecule has 0 radical (unpaired) electrons. The van der Waals surface area contributed by atoms with E-state index in [1.54, 1.807) is 25.7 Å². The molecule has 2 rings (SSSR count). The van der Waals surface area contributed by atoms with E-state index in [2.05, 4.69) is 0 Å². The van der Waals surface area contributed by atoms with Crippen LogP contribution in [0, 0.1) is 5.41 Å². The smallest absolute Gasteiger partial charge is 0.410 e. The second-order valence-electron chi connectivity index (χ2n) is 8.87. The van der Waals surface area contributed by atoms with Crippen LogP contribution in [0.1, 0.15) is 60.3 Å². The van der Waals surface area contributed by atoms with E-state index in [1.807, 2.05) is 13.8 Å². The molecule has 184 valence electrons. The average Bonchev–Trinajstić information content (AvgIpc) is 2.73. The third kappa shape index (κ3) is 6.99. The van der Waals surface area contributed by atoms with Gasteiger partial charge in [0, 0.05) is 39.0 Å². The molecule has 0 aliphatic carbocycles. The minimum atomic E-state index is -3.27. The van der Waals surface area contributed by atoms with Crippen LogP contribution < -0.4 is 5.73 Å². The molecule has 0 aromatic heterocycles. The van der Waals surface area contributed by atoms with Gasteiger partial charge >= 0.3 is 6.09 Å². The first-order valence-corrected chi connectivity index (χ1v) is 12.7. The van der Waals surface area contributed by atoms with Crippen molar-refractivity contribution < 1.29 is 27.4 Å². The molecule has 0 bridgehead atoms. The number of amides is 1. The lowest BCUT2D eigenvalue weighted by Gasteiger charge is -2.33. The van der Waals surface area contributed by atoms with Gasteiger partial charge in [-0.15, -0.1) is 0 Å². The van der Waals surface area contributed by atoms with E-state index in [9.17, 15) is 13.2 Å². The molecule has 10 nitrogen and oxygen atoms in total. The Morgan fingerprint density at radius 1 is 0.969 bits per heavy atom. The molecule has 0 aromatic carbocycles. The van der Waals surface area contributed by atoms with E-state index in [-0.39, 0.29) is 36.2 Å². The summed E-state index contributed by atoms with van der Waals surface area (Å²) in [6.07, 6.45) is 1.42. The highest BCUT2D eigenvalue weighted by Gasteiger charge is 2.31. The lowest BCUT2D eigenvalue weighted by atomic mass is 10.1. The van der Waals surface area contributed by atoms with Crippen molar-refractivity contribution in [3.05, 3.63) is 11.5 Å². The number of carbonyl (C=O) groups is 1. The van der Waals surface area contributed by atoms with Crippen LogP contribution in [0.4, 0.5) is 4.79 Å². The molecule has 2 saturated heterocycles. The Labute approximate surface area is 191 Å². The molecule has 0 unspecified atom stereocenters. The monoisotopic (exact) mass is 474 g/mol. The highest BCUT2D eigenvalue weighted by atomic mass is 32.2. The molecule has 32 heavy (non-hydrogen) atoms. The third-order valence-electron chi connectivity index (χ3n) is 5.68. The Morgan fingerprint density at radius 2 is 1.47 bits per heavy atom. The van der Waals surface area contributed by atoms with Crippen molar-refractivity contribution in [1.29, 1.82) is 5.41 Å². The molecule has 0 aromatic rings. The van der Waals surface area contributed by atoms with Gasteiger partial charge in [-0.3, -0.25) is 5.41 Å². The summed E-state index contributed by atoms with van der Waals surface area (Å²) < 4.78 is 42.9. The highest BCUT2D eigenvalue weighted by Crippen LogP contribution is 2.22. The van der Waals surface area contributed by atoms with Crippen LogP contribution in [0.5, 0.6) is 0 Å². The average molecular weight is 475 g/mol. The maximum absolute atomic E-state index is 12.3. The topological polar surface area (TPSA) is 135 Å². The normalized spacial score (nSPS) is 20.3. The van der Waals surface area contributed by atoms with E-state index in [0.717, 1.165) is 0 Å². The summed E-state index contributed by atoms with van der Waals surface area (Å²) in [5.41, 5.74) is 6.47. The number of likely N-dealkylation sites (tertiary alicyclic amines) is 1. The quantitative estimate of drug-likeness (QED) is 0.328. The van der Waals surface area contributed by atoms with Gasteiger partial charge in [-0.2, -0.15) is 0 Å². The Morgan fingerprint density at radius 3 is 1.97 bits per heavy atom. The van der Waals surface area contributed by atoms with Crippen molar-refractivity contribution in [1.82, 2.24) is 9.21 Å². The largest absolute Gasteiger partial charge is 0.476 e. The van der Waals surface area contributed by atoms with Crippen molar-refractivity contribution in [2.45, 2.75) is 83.9 Å². The van der Waals surface area contributed by atoms with Crippen molar-refractivity contribution in [2.24, 2.45) is 5.73 Å². The molecule has 11 heteroatoms. The Balaban J connectivity index is 1.81. The zero-order valence-electron chi connectivity index (χ0n) is 19.8.